The van der Waals surface area contributed by atoms with E-state index in [1.165, 1.54) is 0 Å². The molecule has 0 spiro atoms. The van der Waals surface area contributed by atoms with Crippen LogP contribution in [0.4, 0.5) is 9.28 Å². The maximum atomic E-state index is 13.0. The number of halogens is 1. The second kappa shape index (κ2) is 5.16. The van der Waals surface area contributed by atoms with E-state index in [2.05, 4.69) is 0 Å². The number of rotatable bonds is 1. The Hall–Kier alpha value is -0.920. The van der Waals surface area contributed by atoms with Gasteiger partial charge in [-0.05, 0) is 20.8 Å². The van der Waals surface area contributed by atoms with E-state index in [0.29, 0.717) is 5.12 Å². The third-order valence-electron chi connectivity index (χ3n) is 2.34. The standard InChI is InChI=1S/C10H19FN2O4/c1-10(2,3)17-9(16)13-5-4-12(11)6-7(13)8(14)15/h7-8,14-15H,4-6H2,1-3H3. The van der Waals surface area contributed by atoms with Gasteiger partial charge in [-0.15, -0.1) is 9.60 Å². The molecule has 6 nitrogen and oxygen atoms in total. The van der Waals surface area contributed by atoms with Gasteiger partial charge in [-0.2, -0.15) is 0 Å². The summed E-state index contributed by atoms with van der Waals surface area (Å²) in [5.74, 6) is 0. The smallest absolute Gasteiger partial charge is 0.410 e. The van der Waals surface area contributed by atoms with E-state index in [0.717, 1.165) is 4.90 Å². The minimum absolute atomic E-state index is 0.0302. The van der Waals surface area contributed by atoms with Crippen molar-refractivity contribution in [2.24, 2.45) is 0 Å². The van der Waals surface area contributed by atoms with Crippen LogP contribution in [0.15, 0.2) is 0 Å². The number of aliphatic hydroxyl groups excluding tert-OH is 1. The molecule has 2 N–H and O–H groups in total. The average Bonchev–Trinajstić information content (AvgIpc) is 2.14. The van der Waals surface area contributed by atoms with Crippen LogP contribution in [0.2, 0.25) is 0 Å². The molecule has 0 aromatic carbocycles. The van der Waals surface area contributed by atoms with Gasteiger partial charge < -0.3 is 14.9 Å². The molecule has 0 saturated carbocycles. The van der Waals surface area contributed by atoms with E-state index >= 15 is 0 Å². The Morgan fingerprint density at radius 1 is 1.41 bits per heavy atom. The van der Waals surface area contributed by atoms with Gasteiger partial charge in [0.25, 0.3) is 0 Å². The molecule has 1 amide bonds. The highest BCUT2D eigenvalue weighted by atomic mass is 19.2. The first-order valence-corrected chi connectivity index (χ1v) is 5.47. The van der Waals surface area contributed by atoms with Crippen LogP contribution in [0.5, 0.6) is 0 Å². The van der Waals surface area contributed by atoms with Gasteiger partial charge in [0.15, 0.2) is 6.29 Å². The van der Waals surface area contributed by atoms with Crippen LogP contribution in [0.25, 0.3) is 0 Å². The maximum absolute atomic E-state index is 13.0. The van der Waals surface area contributed by atoms with Crippen molar-refractivity contribution < 1.29 is 24.2 Å². The summed E-state index contributed by atoms with van der Waals surface area (Å²) < 4.78 is 18.1. The van der Waals surface area contributed by atoms with Gasteiger partial charge in [-0.25, -0.2) is 4.79 Å². The highest BCUT2D eigenvalue weighted by molar-refractivity contribution is 5.68. The summed E-state index contributed by atoms with van der Waals surface area (Å²) in [5, 5.41) is 18.7. The molecule has 0 aromatic rings. The van der Waals surface area contributed by atoms with Crippen LogP contribution in [-0.4, -0.2) is 63.9 Å². The quantitative estimate of drug-likeness (QED) is 0.510. The van der Waals surface area contributed by atoms with Crippen LogP contribution >= 0.6 is 0 Å². The van der Waals surface area contributed by atoms with Gasteiger partial charge in [0, 0.05) is 13.1 Å². The Morgan fingerprint density at radius 3 is 2.47 bits per heavy atom. The van der Waals surface area contributed by atoms with E-state index in [-0.39, 0.29) is 19.6 Å². The van der Waals surface area contributed by atoms with Crippen molar-refractivity contribution in [3.63, 3.8) is 0 Å². The molecule has 17 heavy (non-hydrogen) atoms. The minimum Gasteiger partial charge on any atom is -0.444 e. The number of aliphatic hydroxyl groups is 2. The van der Waals surface area contributed by atoms with Crippen molar-refractivity contribution in [1.82, 2.24) is 10.0 Å². The molecule has 1 heterocycles. The SMILES string of the molecule is CC(C)(C)OC(=O)N1CCN(F)CC1C(O)O. The lowest BCUT2D eigenvalue weighted by Crippen LogP contribution is -2.58. The van der Waals surface area contributed by atoms with E-state index in [4.69, 9.17) is 14.9 Å². The first-order chi connectivity index (χ1) is 7.70. The van der Waals surface area contributed by atoms with Gasteiger partial charge in [0.1, 0.15) is 11.6 Å². The normalized spacial score (nSPS) is 23.0. The van der Waals surface area contributed by atoms with E-state index in [1.54, 1.807) is 20.8 Å². The molecule has 0 radical (unpaired) electrons. The highest BCUT2D eigenvalue weighted by Crippen LogP contribution is 2.17. The van der Waals surface area contributed by atoms with Gasteiger partial charge >= 0.3 is 6.09 Å². The fourth-order valence-electron chi connectivity index (χ4n) is 1.58. The Kier molecular flexibility index (Phi) is 4.29. The number of carbonyl (C=O) groups is 1. The third-order valence-corrected chi connectivity index (χ3v) is 2.34. The molecule has 100 valence electrons. The van der Waals surface area contributed by atoms with Crippen LogP contribution in [0.3, 0.4) is 0 Å². The third kappa shape index (κ3) is 4.10. The lowest BCUT2D eigenvalue weighted by Gasteiger charge is -2.39. The molecule has 7 heteroatoms. The van der Waals surface area contributed by atoms with Crippen LogP contribution in [0.1, 0.15) is 20.8 Å². The second-order valence-electron chi connectivity index (χ2n) is 5.02. The topological polar surface area (TPSA) is 73.2 Å². The molecular formula is C10H19FN2O4. The Morgan fingerprint density at radius 2 is 2.00 bits per heavy atom. The maximum Gasteiger partial charge on any atom is 0.410 e. The molecule has 1 aliphatic rings. The summed E-state index contributed by atoms with van der Waals surface area (Å²) in [6.07, 6.45) is -2.45. The zero-order valence-electron chi connectivity index (χ0n) is 10.3. The molecule has 1 aliphatic heterocycles. The zero-order valence-corrected chi connectivity index (χ0v) is 10.3. The highest BCUT2D eigenvalue weighted by Gasteiger charge is 2.36. The zero-order chi connectivity index (χ0) is 13.2. The summed E-state index contributed by atoms with van der Waals surface area (Å²) in [6, 6.07) is -1.01. The van der Waals surface area contributed by atoms with Gasteiger partial charge in [-0.1, -0.05) is 0 Å². The van der Waals surface area contributed by atoms with Gasteiger partial charge in [0.05, 0.1) is 6.54 Å². The van der Waals surface area contributed by atoms with Gasteiger partial charge in [0.2, 0.25) is 0 Å². The molecule has 1 saturated heterocycles. The molecule has 1 fully saturated rings. The number of hydrogen-bond donors (Lipinski definition) is 2. The lowest BCUT2D eigenvalue weighted by atomic mass is 10.2. The molecule has 1 atom stereocenters. The largest absolute Gasteiger partial charge is 0.444 e. The number of ether oxygens (including phenoxy) is 1. The number of piperazine rings is 1. The van der Waals surface area contributed by atoms with Crippen molar-refractivity contribution in [2.45, 2.75) is 38.7 Å². The predicted molar refractivity (Wildman–Crippen MR) is 57.6 cm³/mol. The summed E-state index contributed by atoms with van der Waals surface area (Å²) in [5.41, 5.74) is -0.672. The van der Waals surface area contributed by atoms with Crippen molar-refractivity contribution >= 4 is 6.09 Å². The fraction of sp³-hybridized carbons (Fsp3) is 0.900. The Bertz CT molecular complexity index is 280. The lowest BCUT2D eigenvalue weighted by molar-refractivity contribution is -0.144. The molecule has 0 aliphatic carbocycles. The molecule has 0 bridgehead atoms. The molecule has 0 aromatic heterocycles. The van der Waals surface area contributed by atoms with Crippen LogP contribution in [-0.2, 0) is 4.74 Å². The molecule has 1 rings (SSSR count). The second-order valence-corrected chi connectivity index (χ2v) is 5.02. The summed E-state index contributed by atoms with van der Waals surface area (Å²) in [4.78, 5) is 12.9. The Balaban J connectivity index is 2.70. The van der Waals surface area contributed by atoms with Gasteiger partial charge in [-0.3, -0.25) is 4.90 Å². The molecule has 1 unspecified atom stereocenters. The van der Waals surface area contributed by atoms with Crippen molar-refractivity contribution in [3.8, 4) is 0 Å². The monoisotopic (exact) mass is 250 g/mol. The van der Waals surface area contributed by atoms with E-state index in [9.17, 15) is 9.28 Å². The fourth-order valence-corrected chi connectivity index (χ4v) is 1.58. The molecular weight excluding hydrogens is 231 g/mol. The first-order valence-electron chi connectivity index (χ1n) is 5.47. The predicted octanol–water partition coefficient (Wildman–Crippen LogP) is 0.103. The van der Waals surface area contributed by atoms with E-state index in [1.807, 2.05) is 0 Å². The summed E-state index contributed by atoms with van der Waals surface area (Å²) in [7, 11) is 0. The first kappa shape index (κ1) is 14.1. The van der Waals surface area contributed by atoms with Crippen LogP contribution < -0.4 is 0 Å². The number of carbonyl (C=O) groups excluding carboxylic acids is 1. The van der Waals surface area contributed by atoms with Crippen molar-refractivity contribution in [2.75, 3.05) is 19.6 Å². The summed E-state index contributed by atoms with van der Waals surface area (Å²) >= 11 is 0. The van der Waals surface area contributed by atoms with Crippen molar-refractivity contribution in [1.29, 1.82) is 0 Å². The minimum atomic E-state index is -1.79. The average molecular weight is 250 g/mol. The number of amides is 1. The van der Waals surface area contributed by atoms with Crippen LogP contribution in [0, 0.1) is 0 Å². The Labute approximate surface area is 99.5 Å². The summed E-state index contributed by atoms with van der Waals surface area (Å²) in [6.45, 7) is 4.98. The van der Waals surface area contributed by atoms with Crippen molar-refractivity contribution in [3.05, 3.63) is 0 Å². The van der Waals surface area contributed by atoms with E-state index < -0.39 is 24.0 Å². The number of hydrogen-bond acceptors (Lipinski definition) is 5. The number of nitrogens with zero attached hydrogens (tertiary/aromatic N) is 2.